The summed E-state index contributed by atoms with van der Waals surface area (Å²) in [6.45, 7) is 4.40. The van der Waals surface area contributed by atoms with Crippen LogP contribution < -0.4 is 10.1 Å². The molecule has 0 saturated carbocycles. The Labute approximate surface area is 129 Å². The molecule has 1 amide bonds. The van der Waals surface area contributed by atoms with Gasteiger partial charge < -0.3 is 10.1 Å². The van der Waals surface area contributed by atoms with E-state index in [9.17, 15) is 4.79 Å². The fourth-order valence-electron chi connectivity index (χ4n) is 2.02. The van der Waals surface area contributed by atoms with Crippen molar-refractivity contribution in [2.75, 3.05) is 11.9 Å². The van der Waals surface area contributed by atoms with E-state index in [0.717, 1.165) is 17.0 Å². The predicted molar refractivity (Wildman–Crippen MR) is 86.3 cm³/mol. The summed E-state index contributed by atoms with van der Waals surface area (Å²) in [6, 6.07) is 14.6. The van der Waals surface area contributed by atoms with Gasteiger partial charge in [0.1, 0.15) is 5.75 Å². The molecule has 2 rings (SSSR count). The molecule has 3 nitrogen and oxygen atoms in total. The van der Waals surface area contributed by atoms with E-state index in [1.165, 1.54) is 0 Å². The van der Waals surface area contributed by atoms with Gasteiger partial charge in [-0.2, -0.15) is 0 Å². The first-order chi connectivity index (χ1) is 10.1. The third-order valence-corrected chi connectivity index (χ3v) is 3.30. The summed E-state index contributed by atoms with van der Waals surface area (Å²) in [5.41, 5.74) is 2.22. The largest absolute Gasteiger partial charge is 0.494 e. The smallest absolute Gasteiger partial charge is 0.255 e. The van der Waals surface area contributed by atoms with E-state index >= 15 is 0 Å². The molecule has 4 heteroatoms. The molecule has 1 atom stereocenters. The molecule has 2 aromatic rings. The number of para-hydroxylation sites is 1. The molecule has 0 aliphatic carbocycles. The van der Waals surface area contributed by atoms with Gasteiger partial charge in [0.15, 0.2) is 0 Å². The number of rotatable bonds is 5. The number of hydrogen-bond donors (Lipinski definition) is 1. The quantitative estimate of drug-likeness (QED) is 0.817. The van der Waals surface area contributed by atoms with E-state index < -0.39 is 0 Å². The third kappa shape index (κ3) is 3.99. The van der Waals surface area contributed by atoms with Gasteiger partial charge in [-0.25, -0.2) is 0 Å². The van der Waals surface area contributed by atoms with Crippen molar-refractivity contribution in [1.29, 1.82) is 0 Å². The van der Waals surface area contributed by atoms with Crippen LogP contribution in [0, 0.1) is 0 Å². The van der Waals surface area contributed by atoms with Crippen molar-refractivity contribution in [3.05, 3.63) is 59.7 Å². The highest BCUT2D eigenvalue weighted by atomic mass is 35.5. The minimum absolute atomic E-state index is 0.164. The van der Waals surface area contributed by atoms with E-state index in [1.54, 1.807) is 24.3 Å². The number of nitrogens with one attached hydrogen (secondary N) is 1. The first kappa shape index (κ1) is 15.4. The number of anilines is 1. The van der Waals surface area contributed by atoms with Gasteiger partial charge in [-0.05, 0) is 49.7 Å². The SMILES string of the molecule is CCOc1ccc(C(=O)Nc2ccccc2C(C)Cl)cc1. The maximum absolute atomic E-state index is 12.3. The minimum atomic E-state index is -0.165. The van der Waals surface area contributed by atoms with Gasteiger partial charge in [-0.1, -0.05) is 18.2 Å². The molecule has 0 heterocycles. The van der Waals surface area contributed by atoms with Crippen molar-refractivity contribution in [3.63, 3.8) is 0 Å². The number of carbonyl (C=O) groups is 1. The van der Waals surface area contributed by atoms with E-state index in [0.29, 0.717) is 12.2 Å². The van der Waals surface area contributed by atoms with Crippen LogP contribution in [0.1, 0.15) is 35.1 Å². The average Bonchev–Trinajstić information content (AvgIpc) is 2.48. The molecule has 1 N–H and O–H groups in total. The van der Waals surface area contributed by atoms with Crippen LogP contribution in [0.4, 0.5) is 5.69 Å². The zero-order valence-electron chi connectivity index (χ0n) is 12.1. The Bertz CT molecular complexity index is 608. The fourth-order valence-corrected chi connectivity index (χ4v) is 2.21. The van der Waals surface area contributed by atoms with Crippen molar-refractivity contribution in [1.82, 2.24) is 0 Å². The van der Waals surface area contributed by atoms with Crippen LogP contribution in [-0.4, -0.2) is 12.5 Å². The van der Waals surface area contributed by atoms with Crippen LogP contribution >= 0.6 is 11.6 Å². The lowest BCUT2D eigenvalue weighted by Gasteiger charge is -2.12. The van der Waals surface area contributed by atoms with Crippen LogP contribution in [0.2, 0.25) is 0 Å². The highest BCUT2D eigenvalue weighted by Gasteiger charge is 2.11. The molecule has 0 saturated heterocycles. The van der Waals surface area contributed by atoms with Crippen LogP contribution in [0.5, 0.6) is 5.75 Å². The lowest BCUT2D eigenvalue weighted by molar-refractivity contribution is 0.102. The van der Waals surface area contributed by atoms with Crippen LogP contribution in [0.3, 0.4) is 0 Å². The standard InChI is InChI=1S/C17H18ClNO2/c1-3-21-14-10-8-13(9-11-14)17(20)19-16-7-5-4-6-15(16)12(2)18/h4-12H,3H2,1-2H3,(H,19,20). The third-order valence-electron chi connectivity index (χ3n) is 3.07. The van der Waals surface area contributed by atoms with Gasteiger partial charge in [-0.3, -0.25) is 4.79 Å². The number of alkyl halides is 1. The molecule has 0 spiro atoms. The number of amides is 1. The van der Waals surface area contributed by atoms with Crippen molar-refractivity contribution in [2.24, 2.45) is 0 Å². The second-order valence-electron chi connectivity index (χ2n) is 4.61. The van der Waals surface area contributed by atoms with Crippen molar-refractivity contribution in [2.45, 2.75) is 19.2 Å². The molecule has 0 fully saturated rings. The molecule has 1 unspecified atom stereocenters. The Morgan fingerprint density at radius 1 is 1.19 bits per heavy atom. The van der Waals surface area contributed by atoms with Crippen molar-refractivity contribution in [3.8, 4) is 5.75 Å². The van der Waals surface area contributed by atoms with Gasteiger partial charge in [0.05, 0.1) is 12.0 Å². The fraction of sp³-hybridized carbons (Fsp3) is 0.235. The number of carbonyl (C=O) groups excluding carboxylic acids is 1. The number of halogens is 1. The first-order valence-electron chi connectivity index (χ1n) is 6.89. The molecule has 0 aliphatic rings. The topological polar surface area (TPSA) is 38.3 Å². The molecule has 2 aromatic carbocycles. The van der Waals surface area contributed by atoms with E-state index in [-0.39, 0.29) is 11.3 Å². The molecular weight excluding hydrogens is 286 g/mol. The zero-order chi connectivity index (χ0) is 15.2. The van der Waals surface area contributed by atoms with E-state index in [2.05, 4.69) is 5.32 Å². The van der Waals surface area contributed by atoms with Crippen LogP contribution in [0.15, 0.2) is 48.5 Å². The molecule has 0 aromatic heterocycles. The summed E-state index contributed by atoms with van der Waals surface area (Å²) < 4.78 is 5.36. The molecule has 0 radical (unpaired) electrons. The normalized spacial score (nSPS) is 11.8. The monoisotopic (exact) mass is 303 g/mol. The summed E-state index contributed by atoms with van der Waals surface area (Å²) >= 11 is 6.13. The molecule has 21 heavy (non-hydrogen) atoms. The lowest BCUT2D eigenvalue weighted by Crippen LogP contribution is -2.13. The maximum Gasteiger partial charge on any atom is 0.255 e. The van der Waals surface area contributed by atoms with Crippen molar-refractivity contribution < 1.29 is 9.53 Å². The lowest BCUT2D eigenvalue weighted by atomic mass is 10.1. The Hall–Kier alpha value is -2.00. The molecule has 0 aliphatic heterocycles. The number of ether oxygens (including phenoxy) is 1. The second kappa shape index (κ2) is 7.14. The average molecular weight is 304 g/mol. The summed E-state index contributed by atoms with van der Waals surface area (Å²) in [5.74, 6) is 0.589. The van der Waals surface area contributed by atoms with Gasteiger partial charge in [0, 0.05) is 11.3 Å². The Morgan fingerprint density at radius 2 is 1.86 bits per heavy atom. The van der Waals surface area contributed by atoms with Crippen LogP contribution in [0.25, 0.3) is 0 Å². The van der Waals surface area contributed by atoms with Gasteiger partial charge in [0.2, 0.25) is 0 Å². The summed E-state index contributed by atoms with van der Waals surface area (Å²) in [6.07, 6.45) is 0. The minimum Gasteiger partial charge on any atom is -0.494 e. The number of benzene rings is 2. The Balaban J connectivity index is 2.14. The van der Waals surface area contributed by atoms with Gasteiger partial charge in [0.25, 0.3) is 5.91 Å². The summed E-state index contributed by atoms with van der Waals surface area (Å²) in [4.78, 5) is 12.3. The highest BCUT2D eigenvalue weighted by molar-refractivity contribution is 6.21. The Kier molecular flexibility index (Phi) is 5.23. The second-order valence-corrected chi connectivity index (χ2v) is 5.27. The predicted octanol–water partition coefficient (Wildman–Crippen LogP) is 4.64. The highest BCUT2D eigenvalue weighted by Crippen LogP contribution is 2.27. The van der Waals surface area contributed by atoms with Gasteiger partial charge in [-0.15, -0.1) is 11.6 Å². The summed E-state index contributed by atoms with van der Waals surface area (Å²) in [7, 11) is 0. The van der Waals surface area contributed by atoms with E-state index in [4.69, 9.17) is 16.3 Å². The van der Waals surface area contributed by atoms with Crippen LogP contribution in [-0.2, 0) is 0 Å². The molecule has 0 bridgehead atoms. The summed E-state index contributed by atoms with van der Waals surface area (Å²) in [5, 5.41) is 2.73. The zero-order valence-corrected chi connectivity index (χ0v) is 12.9. The molecule has 110 valence electrons. The van der Waals surface area contributed by atoms with Crippen molar-refractivity contribution >= 4 is 23.2 Å². The number of hydrogen-bond acceptors (Lipinski definition) is 2. The van der Waals surface area contributed by atoms with E-state index in [1.807, 2.05) is 38.1 Å². The maximum atomic E-state index is 12.3. The Morgan fingerprint density at radius 3 is 2.48 bits per heavy atom. The molecular formula is C17H18ClNO2. The first-order valence-corrected chi connectivity index (χ1v) is 7.32. The van der Waals surface area contributed by atoms with Gasteiger partial charge >= 0.3 is 0 Å².